The van der Waals surface area contributed by atoms with Crippen LogP contribution in [0.5, 0.6) is 0 Å². The van der Waals surface area contributed by atoms with Gasteiger partial charge in [-0.3, -0.25) is 4.79 Å². The fourth-order valence-corrected chi connectivity index (χ4v) is 3.82. The van der Waals surface area contributed by atoms with Gasteiger partial charge in [0.15, 0.2) is 0 Å². The number of rotatable bonds is 6. The number of hydrogen-bond donors (Lipinski definition) is 2. The zero-order valence-corrected chi connectivity index (χ0v) is 16.2. The maximum atomic E-state index is 14.1. The number of benzene rings is 2. The first-order valence-corrected chi connectivity index (χ1v) is 9.34. The van der Waals surface area contributed by atoms with Gasteiger partial charge in [-0.15, -0.1) is 24.2 Å². The van der Waals surface area contributed by atoms with Crippen molar-refractivity contribution in [2.24, 2.45) is 0 Å². The molecule has 7 heteroatoms. The first kappa shape index (κ1) is 21.4. The molecule has 2 aromatic rings. The quantitative estimate of drug-likeness (QED) is 0.552. The van der Waals surface area contributed by atoms with Gasteiger partial charge in [0.05, 0.1) is 0 Å². The molecule has 0 saturated heterocycles. The van der Waals surface area contributed by atoms with Gasteiger partial charge in [-0.05, 0) is 36.7 Å². The molecule has 0 aliphatic carbocycles. The lowest BCUT2D eigenvalue weighted by atomic mass is 10.1. The summed E-state index contributed by atoms with van der Waals surface area (Å²) < 4.78 is 27.5. The van der Waals surface area contributed by atoms with Crippen molar-refractivity contribution >= 4 is 30.1 Å². The topological polar surface area (TPSA) is 41.1 Å². The van der Waals surface area contributed by atoms with Crippen LogP contribution in [0, 0.1) is 11.6 Å². The summed E-state index contributed by atoms with van der Waals surface area (Å²) >= 11 is 1.02. The van der Waals surface area contributed by atoms with E-state index in [1.807, 2.05) is 30.3 Å². The van der Waals surface area contributed by atoms with Gasteiger partial charge in [-0.2, -0.15) is 0 Å². The molecule has 1 heterocycles. The second-order valence-electron chi connectivity index (χ2n) is 6.02. The Labute approximate surface area is 168 Å². The second-order valence-corrected chi connectivity index (χ2v) is 7.16. The van der Waals surface area contributed by atoms with E-state index in [0.29, 0.717) is 6.54 Å². The molecule has 2 aromatic carbocycles. The molecule has 0 bridgehead atoms. The number of carbonyl (C=O) groups excluding carboxylic acids is 1. The normalized spacial score (nSPS) is 14.7. The molecule has 3 nitrogen and oxygen atoms in total. The summed E-state index contributed by atoms with van der Waals surface area (Å²) in [4.78, 5) is 12.9. The van der Waals surface area contributed by atoms with Crippen molar-refractivity contribution in [2.75, 3.05) is 19.6 Å². The molecule has 1 aliphatic heterocycles. The van der Waals surface area contributed by atoms with E-state index in [0.717, 1.165) is 55.0 Å². The highest BCUT2D eigenvalue weighted by Gasteiger charge is 2.23. The summed E-state index contributed by atoms with van der Waals surface area (Å²) in [6, 6.07) is 12.4. The average Bonchev–Trinajstić information content (AvgIpc) is 2.68. The third-order valence-electron chi connectivity index (χ3n) is 4.13. The van der Waals surface area contributed by atoms with Crippen LogP contribution >= 0.6 is 24.2 Å². The Kier molecular flexibility index (Phi) is 8.28. The van der Waals surface area contributed by atoms with Crippen molar-refractivity contribution in [3.63, 3.8) is 0 Å². The first-order valence-electron chi connectivity index (χ1n) is 8.46. The molecule has 2 N–H and O–H groups in total. The van der Waals surface area contributed by atoms with Crippen LogP contribution in [0.1, 0.15) is 17.2 Å². The van der Waals surface area contributed by atoms with E-state index in [-0.39, 0.29) is 23.2 Å². The van der Waals surface area contributed by atoms with Crippen molar-refractivity contribution in [1.82, 2.24) is 10.6 Å². The zero-order chi connectivity index (χ0) is 18.4. The second kappa shape index (κ2) is 10.4. The van der Waals surface area contributed by atoms with Crippen molar-refractivity contribution in [2.45, 2.75) is 16.6 Å². The van der Waals surface area contributed by atoms with Crippen LogP contribution in [-0.2, 0) is 4.79 Å². The third-order valence-corrected chi connectivity index (χ3v) is 5.41. The molecule has 144 valence electrons. The van der Waals surface area contributed by atoms with Gasteiger partial charge in [0.2, 0.25) is 5.91 Å². The maximum absolute atomic E-state index is 14.1. The van der Waals surface area contributed by atoms with Crippen LogP contribution in [0.3, 0.4) is 0 Å². The molecule has 1 atom stereocenters. The highest BCUT2D eigenvalue weighted by atomic mass is 35.5. The third kappa shape index (κ3) is 6.06. The summed E-state index contributed by atoms with van der Waals surface area (Å²) in [6.45, 7) is 2.17. The molecule has 27 heavy (non-hydrogen) atoms. The highest BCUT2D eigenvalue weighted by Crippen LogP contribution is 2.37. The summed E-state index contributed by atoms with van der Waals surface area (Å²) in [5.41, 5.74) is 1.92. The summed E-state index contributed by atoms with van der Waals surface area (Å²) in [5.74, 6) is -1.28. The van der Waals surface area contributed by atoms with Crippen molar-refractivity contribution in [1.29, 1.82) is 0 Å². The Balaban J connectivity index is 0.00000261. The monoisotopic (exact) mass is 410 g/mol. The van der Waals surface area contributed by atoms with Gasteiger partial charge in [0, 0.05) is 18.0 Å². The fourth-order valence-electron chi connectivity index (χ4n) is 2.72. The predicted octanol–water partition coefficient (Wildman–Crippen LogP) is 4.26. The Bertz CT molecular complexity index is 802. The van der Waals surface area contributed by atoms with Crippen LogP contribution in [0.2, 0.25) is 0 Å². The van der Waals surface area contributed by atoms with E-state index in [1.165, 1.54) is 5.57 Å². The molecular weight excluding hydrogens is 390 g/mol. The Hall–Kier alpha value is -1.89. The van der Waals surface area contributed by atoms with Crippen LogP contribution < -0.4 is 10.6 Å². The lowest BCUT2D eigenvalue weighted by Gasteiger charge is -2.19. The smallest absolute Gasteiger partial charge is 0.238 e. The summed E-state index contributed by atoms with van der Waals surface area (Å²) in [5, 5.41) is 5.50. The molecule has 1 unspecified atom stereocenters. The van der Waals surface area contributed by atoms with Gasteiger partial charge < -0.3 is 10.6 Å². The highest BCUT2D eigenvalue weighted by molar-refractivity contribution is 8.00. The Morgan fingerprint density at radius 1 is 1.19 bits per heavy atom. The number of hydrogen-bond acceptors (Lipinski definition) is 3. The molecule has 0 saturated carbocycles. The molecule has 0 aromatic heterocycles. The lowest BCUT2D eigenvalue weighted by Crippen LogP contribution is -2.32. The van der Waals surface area contributed by atoms with E-state index in [2.05, 4.69) is 16.7 Å². The van der Waals surface area contributed by atoms with E-state index >= 15 is 0 Å². The van der Waals surface area contributed by atoms with Gasteiger partial charge in [0.25, 0.3) is 0 Å². The van der Waals surface area contributed by atoms with Crippen LogP contribution in [-0.4, -0.2) is 25.5 Å². The lowest BCUT2D eigenvalue weighted by molar-refractivity contribution is -0.120. The Morgan fingerprint density at radius 2 is 1.96 bits per heavy atom. The van der Waals surface area contributed by atoms with E-state index in [9.17, 15) is 13.6 Å². The van der Waals surface area contributed by atoms with Crippen molar-refractivity contribution < 1.29 is 13.6 Å². The largest absolute Gasteiger partial charge is 0.351 e. The number of nitrogens with one attached hydrogen (secondary N) is 2. The summed E-state index contributed by atoms with van der Waals surface area (Å²) in [7, 11) is 0. The minimum atomic E-state index is -0.658. The molecule has 3 rings (SSSR count). The van der Waals surface area contributed by atoms with Crippen molar-refractivity contribution in [3.8, 4) is 0 Å². The van der Waals surface area contributed by atoms with E-state index < -0.39 is 16.9 Å². The number of amides is 1. The van der Waals surface area contributed by atoms with E-state index in [4.69, 9.17) is 0 Å². The number of thioether (sulfide) groups is 1. The molecule has 0 radical (unpaired) electrons. The van der Waals surface area contributed by atoms with Crippen LogP contribution in [0.15, 0.2) is 65.1 Å². The Morgan fingerprint density at radius 3 is 2.67 bits per heavy atom. The SMILES string of the molecule is Cl.O=C(NCC1=CCNCC1)C(Sc1cc(F)ccc1F)c1ccccc1. The average molecular weight is 411 g/mol. The van der Waals surface area contributed by atoms with Crippen LogP contribution in [0.25, 0.3) is 0 Å². The fraction of sp³-hybridized carbons (Fsp3) is 0.250. The molecule has 0 fully saturated rings. The molecule has 0 spiro atoms. The number of halogens is 3. The summed E-state index contributed by atoms with van der Waals surface area (Å²) in [6.07, 6.45) is 2.96. The minimum Gasteiger partial charge on any atom is -0.351 e. The zero-order valence-electron chi connectivity index (χ0n) is 14.6. The minimum absolute atomic E-state index is 0. The van der Waals surface area contributed by atoms with Gasteiger partial charge in [-0.1, -0.05) is 42.0 Å². The van der Waals surface area contributed by atoms with Gasteiger partial charge in [-0.25, -0.2) is 8.78 Å². The van der Waals surface area contributed by atoms with Gasteiger partial charge >= 0.3 is 0 Å². The molecule has 1 aliphatic rings. The molecule has 1 amide bonds. The first-order chi connectivity index (χ1) is 12.6. The standard InChI is InChI=1S/C20H20F2N2OS.ClH/c21-16-6-7-17(22)18(12-16)26-19(15-4-2-1-3-5-15)20(25)24-13-14-8-10-23-11-9-14;/h1-8,12,19,23H,9-11,13H2,(H,24,25);1H. The number of carbonyl (C=O) groups is 1. The van der Waals surface area contributed by atoms with Crippen molar-refractivity contribution in [3.05, 3.63) is 77.4 Å². The maximum Gasteiger partial charge on any atom is 0.238 e. The molecular formula is C20H21ClF2N2OS. The van der Waals surface area contributed by atoms with Crippen LogP contribution in [0.4, 0.5) is 8.78 Å². The van der Waals surface area contributed by atoms with Gasteiger partial charge in [0.1, 0.15) is 16.9 Å². The predicted molar refractivity (Wildman–Crippen MR) is 107 cm³/mol. The van der Waals surface area contributed by atoms with E-state index in [1.54, 1.807) is 0 Å².